The van der Waals surface area contributed by atoms with Crippen LogP contribution in [0.5, 0.6) is 5.88 Å². The largest absolute Gasteiger partial charge is 0.473 e. The molecule has 4 rings (SSSR count). The van der Waals surface area contributed by atoms with Gasteiger partial charge in [0.2, 0.25) is 5.88 Å². The predicted octanol–water partition coefficient (Wildman–Crippen LogP) is 3.92. The van der Waals surface area contributed by atoms with Gasteiger partial charge >= 0.3 is 6.09 Å². The van der Waals surface area contributed by atoms with E-state index >= 15 is 0 Å². The lowest BCUT2D eigenvalue weighted by Crippen LogP contribution is -2.58. The van der Waals surface area contributed by atoms with Crippen LogP contribution in [0.15, 0.2) is 24.5 Å². The summed E-state index contributed by atoms with van der Waals surface area (Å²) in [5.74, 6) is 1.05. The molecule has 2 saturated heterocycles. The second kappa shape index (κ2) is 9.81. The molecule has 2 bridgehead atoms. The number of aromatic nitrogens is 2. The van der Waals surface area contributed by atoms with E-state index in [0.717, 1.165) is 5.56 Å². The molecule has 3 heterocycles. The quantitative estimate of drug-likeness (QED) is 0.698. The average Bonchev–Trinajstić information content (AvgIpc) is 2.76. The van der Waals surface area contributed by atoms with Crippen molar-refractivity contribution in [1.29, 1.82) is 5.26 Å². The summed E-state index contributed by atoms with van der Waals surface area (Å²) < 4.78 is 17.5. The van der Waals surface area contributed by atoms with E-state index in [4.69, 9.17) is 31.1 Å². The van der Waals surface area contributed by atoms with Crippen molar-refractivity contribution in [1.82, 2.24) is 14.9 Å². The first-order valence-electron chi connectivity index (χ1n) is 10.8. The lowest BCUT2D eigenvalue weighted by Gasteiger charge is -2.46. The molecule has 0 saturated carbocycles. The zero-order chi connectivity index (χ0) is 23.5. The fraction of sp³-hybridized carbons (Fsp3) is 0.478. The summed E-state index contributed by atoms with van der Waals surface area (Å²) in [7, 11) is 0. The van der Waals surface area contributed by atoms with Crippen molar-refractivity contribution < 1.29 is 19.0 Å². The second-order valence-electron chi connectivity index (χ2n) is 8.56. The third-order valence-electron chi connectivity index (χ3n) is 5.73. The highest BCUT2D eigenvalue weighted by Crippen LogP contribution is 2.34. The van der Waals surface area contributed by atoms with Crippen LogP contribution < -0.4 is 10.1 Å². The lowest BCUT2D eigenvalue weighted by atomic mass is 9.84. The normalized spacial score (nSPS) is 21.9. The molecule has 0 radical (unpaired) electrons. The summed E-state index contributed by atoms with van der Waals surface area (Å²) in [5, 5.41) is 12.6. The van der Waals surface area contributed by atoms with E-state index in [2.05, 4.69) is 21.4 Å². The molecule has 2 aromatic rings. The van der Waals surface area contributed by atoms with Gasteiger partial charge in [-0.1, -0.05) is 11.6 Å². The van der Waals surface area contributed by atoms with Crippen molar-refractivity contribution in [2.75, 3.05) is 31.6 Å². The van der Waals surface area contributed by atoms with Crippen molar-refractivity contribution in [3.05, 3.63) is 40.7 Å². The second-order valence-corrected chi connectivity index (χ2v) is 8.97. The van der Waals surface area contributed by atoms with Crippen LogP contribution in [-0.4, -0.2) is 59.5 Å². The fourth-order valence-electron chi connectivity index (χ4n) is 4.14. The molecule has 9 nitrogen and oxygen atoms in total. The monoisotopic (exact) mass is 471 g/mol. The number of nitriles is 1. The number of amides is 1. The first-order valence-corrected chi connectivity index (χ1v) is 11.2. The number of benzene rings is 1. The Kier molecular flexibility index (Phi) is 6.86. The Labute approximate surface area is 197 Å². The number of piperidine rings is 1. The van der Waals surface area contributed by atoms with Crippen molar-refractivity contribution in [2.24, 2.45) is 11.8 Å². The van der Waals surface area contributed by atoms with Gasteiger partial charge in [0, 0.05) is 24.9 Å². The number of likely N-dealkylation sites (tertiary alicyclic amines) is 1. The SMILES string of the molecule is Cc1c(Nc2ccc(C#N)cc2Cl)ncnc1OC1C2COCC1CN(C(=O)OC(C)C)C2. The van der Waals surface area contributed by atoms with Crippen molar-refractivity contribution in [3.63, 3.8) is 0 Å². The highest BCUT2D eigenvalue weighted by Gasteiger charge is 2.44. The number of rotatable bonds is 5. The molecule has 1 N–H and O–H groups in total. The number of ether oxygens (including phenoxy) is 3. The van der Waals surface area contributed by atoms with E-state index in [0.29, 0.717) is 54.3 Å². The van der Waals surface area contributed by atoms with E-state index in [9.17, 15) is 4.79 Å². The average molecular weight is 472 g/mol. The zero-order valence-electron chi connectivity index (χ0n) is 18.7. The van der Waals surface area contributed by atoms with Crippen LogP contribution in [0.4, 0.5) is 16.3 Å². The van der Waals surface area contributed by atoms with Crippen LogP contribution in [-0.2, 0) is 9.47 Å². The first-order chi connectivity index (χ1) is 15.9. The van der Waals surface area contributed by atoms with E-state index in [-0.39, 0.29) is 30.1 Å². The minimum absolute atomic E-state index is 0.0101. The van der Waals surface area contributed by atoms with Gasteiger partial charge in [0.05, 0.1) is 47.2 Å². The Balaban J connectivity index is 1.49. The van der Waals surface area contributed by atoms with E-state index in [1.807, 2.05) is 20.8 Å². The summed E-state index contributed by atoms with van der Waals surface area (Å²) >= 11 is 6.30. The highest BCUT2D eigenvalue weighted by atomic mass is 35.5. The molecule has 2 atom stereocenters. The molecular weight excluding hydrogens is 446 g/mol. The molecule has 2 aliphatic heterocycles. The molecule has 0 spiro atoms. The molecule has 2 aliphatic rings. The van der Waals surface area contributed by atoms with Crippen LogP contribution in [0.1, 0.15) is 25.0 Å². The van der Waals surface area contributed by atoms with Crippen molar-refractivity contribution in [3.8, 4) is 11.9 Å². The van der Waals surface area contributed by atoms with Crippen molar-refractivity contribution in [2.45, 2.75) is 33.0 Å². The summed E-state index contributed by atoms with van der Waals surface area (Å²) in [5.41, 5.74) is 1.84. The van der Waals surface area contributed by atoms with Gasteiger partial charge in [0.15, 0.2) is 0 Å². The maximum Gasteiger partial charge on any atom is 0.410 e. The maximum atomic E-state index is 12.4. The molecule has 2 fully saturated rings. The lowest BCUT2D eigenvalue weighted by molar-refractivity contribution is -0.111. The third-order valence-corrected chi connectivity index (χ3v) is 6.05. The Bertz CT molecular complexity index is 1060. The number of hydrogen-bond acceptors (Lipinski definition) is 8. The van der Waals surface area contributed by atoms with Gasteiger partial charge in [0.1, 0.15) is 18.2 Å². The number of carbonyl (C=O) groups is 1. The minimum atomic E-state index is -0.302. The molecule has 174 valence electrons. The predicted molar refractivity (Wildman–Crippen MR) is 122 cm³/mol. The molecule has 1 aromatic heterocycles. The van der Waals surface area contributed by atoms with E-state index in [1.54, 1.807) is 23.1 Å². The van der Waals surface area contributed by atoms with E-state index in [1.165, 1.54) is 6.33 Å². The molecule has 33 heavy (non-hydrogen) atoms. The summed E-state index contributed by atoms with van der Waals surface area (Å²) in [6.07, 6.45) is 0.830. The Morgan fingerprint density at radius 1 is 1.30 bits per heavy atom. The molecular formula is C23H26ClN5O4. The van der Waals surface area contributed by atoms with Crippen LogP contribution in [0.25, 0.3) is 0 Å². The Morgan fingerprint density at radius 3 is 2.67 bits per heavy atom. The Morgan fingerprint density at radius 2 is 2.03 bits per heavy atom. The molecule has 2 unspecified atom stereocenters. The number of hydrogen-bond donors (Lipinski definition) is 1. The van der Waals surface area contributed by atoms with Gasteiger partial charge < -0.3 is 24.4 Å². The van der Waals surface area contributed by atoms with Crippen molar-refractivity contribution >= 4 is 29.2 Å². The van der Waals surface area contributed by atoms with Crippen LogP contribution in [0.3, 0.4) is 0 Å². The van der Waals surface area contributed by atoms with Crippen LogP contribution in [0.2, 0.25) is 5.02 Å². The summed E-state index contributed by atoms with van der Waals surface area (Å²) in [6.45, 7) is 7.56. The summed E-state index contributed by atoms with van der Waals surface area (Å²) in [6, 6.07) is 7.07. The molecule has 10 heteroatoms. The van der Waals surface area contributed by atoms with E-state index < -0.39 is 0 Å². The van der Waals surface area contributed by atoms with Gasteiger partial charge in [-0.25, -0.2) is 14.8 Å². The van der Waals surface area contributed by atoms with Gasteiger partial charge in [0.25, 0.3) is 0 Å². The van der Waals surface area contributed by atoms with Crippen LogP contribution >= 0.6 is 11.6 Å². The maximum absolute atomic E-state index is 12.4. The number of fused-ring (bicyclic) bond motifs is 2. The number of nitrogens with one attached hydrogen (secondary N) is 1. The van der Waals surface area contributed by atoms with Gasteiger partial charge in [-0.2, -0.15) is 5.26 Å². The smallest absolute Gasteiger partial charge is 0.410 e. The zero-order valence-corrected chi connectivity index (χ0v) is 19.5. The number of carbonyl (C=O) groups excluding carboxylic acids is 1. The highest BCUT2D eigenvalue weighted by molar-refractivity contribution is 6.33. The topological polar surface area (TPSA) is 110 Å². The number of anilines is 2. The Hall–Kier alpha value is -3.09. The molecule has 1 aromatic carbocycles. The van der Waals surface area contributed by atoms with Gasteiger partial charge in [-0.3, -0.25) is 0 Å². The first kappa shape index (κ1) is 23.1. The number of nitrogens with zero attached hydrogens (tertiary/aromatic N) is 4. The van der Waals surface area contributed by atoms with Gasteiger partial charge in [-0.05, 0) is 39.0 Å². The minimum Gasteiger partial charge on any atom is -0.473 e. The summed E-state index contributed by atoms with van der Waals surface area (Å²) in [4.78, 5) is 22.8. The standard InChI is InChI=1S/C23H26ClN5O4/c1-13(2)32-23(30)29-8-16-10-31-11-17(9-29)20(16)33-22-14(3)21(26-12-27-22)28-19-5-4-15(7-25)6-18(19)24/h4-6,12-13,16-17,20H,8-11H2,1-3H3,(H,26,27,28). The fourth-order valence-corrected chi connectivity index (χ4v) is 4.37. The molecule has 0 aliphatic carbocycles. The van der Waals surface area contributed by atoms with Gasteiger partial charge in [-0.15, -0.1) is 0 Å². The number of halogens is 1. The molecule has 1 amide bonds. The van der Waals surface area contributed by atoms with Crippen LogP contribution in [0, 0.1) is 30.1 Å². The third kappa shape index (κ3) is 5.13.